The maximum absolute atomic E-state index is 5.98. The minimum absolute atomic E-state index is 0.344. The zero-order chi connectivity index (χ0) is 11.0. The van der Waals surface area contributed by atoms with E-state index in [0.717, 1.165) is 10.9 Å². The molecule has 0 bridgehead atoms. The standard InChI is InChI=1S/C11H7ClN4/c12-10-11(14-6-5-13-10)16-9-4-2-1-3-8(9)7-15-16/h1-7H. The Bertz CT molecular complexity index is 647. The lowest BCUT2D eigenvalue weighted by molar-refractivity contribution is 0.864. The number of benzene rings is 1. The van der Waals surface area contributed by atoms with Gasteiger partial charge in [-0.1, -0.05) is 29.8 Å². The van der Waals surface area contributed by atoms with Gasteiger partial charge in [-0.3, -0.25) is 0 Å². The first kappa shape index (κ1) is 9.30. The molecule has 0 saturated heterocycles. The first-order valence-electron chi connectivity index (χ1n) is 4.76. The van der Waals surface area contributed by atoms with Gasteiger partial charge in [-0.25, -0.2) is 14.6 Å². The highest BCUT2D eigenvalue weighted by Gasteiger charge is 2.09. The number of hydrogen-bond donors (Lipinski definition) is 0. The van der Waals surface area contributed by atoms with E-state index in [0.29, 0.717) is 11.0 Å². The number of para-hydroxylation sites is 1. The largest absolute Gasteiger partial charge is 0.239 e. The fourth-order valence-corrected chi connectivity index (χ4v) is 1.78. The summed E-state index contributed by atoms with van der Waals surface area (Å²) in [5, 5.41) is 5.65. The molecule has 0 atom stereocenters. The molecule has 16 heavy (non-hydrogen) atoms. The van der Waals surface area contributed by atoms with E-state index in [4.69, 9.17) is 11.6 Å². The Balaban J connectivity index is 2.31. The molecule has 3 rings (SSSR count). The molecular weight excluding hydrogens is 224 g/mol. The summed E-state index contributed by atoms with van der Waals surface area (Å²) in [6, 6.07) is 7.87. The maximum atomic E-state index is 5.98. The Labute approximate surface area is 96.5 Å². The highest BCUT2D eigenvalue weighted by molar-refractivity contribution is 6.30. The van der Waals surface area contributed by atoms with Crippen LogP contribution in [0.1, 0.15) is 0 Å². The van der Waals surface area contributed by atoms with Gasteiger partial charge in [-0.15, -0.1) is 0 Å². The van der Waals surface area contributed by atoms with Gasteiger partial charge in [0.15, 0.2) is 11.0 Å². The Hall–Kier alpha value is -1.94. The molecule has 3 aromatic rings. The molecule has 2 aromatic heterocycles. The quantitative estimate of drug-likeness (QED) is 0.645. The van der Waals surface area contributed by atoms with Crippen molar-refractivity contribution in [3.8, 4) is 5.82 Å². The van der Waals surface area contributed by atoms with Crippen LogP contribution < -0.4 is 0 Å². The fourth-order valence-electron chi connectivity index (χ4n) is 1.60. The summed E-state index contributed by atoms with van der Waals surface area (Å²) >= 11 is 5.98. The number of fused-ring (bicyclic) bond motifs is 1. The average molecular weight is 231 g/mol. The third-order valence-corrected chi connectivity index (χ3v) is 2.58. The molecule has 2 heterocycles. The number of rotatable bonds is 1. The molecule has 0 fully saturated rings. The summed E-state index contributed by atoms with van der Waals surface area (Å²) in [7, 11) is 0. The van der Waals surface area contributed by atoms with E-state index < -0.39 is 0 Å². The second-order valence-electron chi connectivity index (χ2n) is 3.29. The van der Waals surface area contributed by atoms with Crippen molar-refractivity contribution >= 4 is 22.5 Å². The topological polar surface area (TPSA) is 43.6 Å². The van der Waals surface area contributed by atoms with Crippen molar-refractivity contribution in [3.63, 3.8) is 0 Å². The van der Waals surface area contributed by atoms with E-state index in [1.165, 1.54) is 0 Å². The minimum Gasteiger partial charge on any atom is -0.239 e. The van der Waals surface area contributed by atoms with Crippen LogP contribution in [0.25, 0.3) is 16.7 Å². The molecule has 0 saturated carbocycles. The van der Waals surface area contributed by atoms with Crippen LogP contribution in [-0.4, -0.2) is 19.7 Å². The van der Waals surface area contributed by atoms with Crippen LogP contribution >= 0.6 is 11.6 Å². The van der Waals surface area contributed by atoms with Crippen LogP contribution in [-0.2, 0) is 0 Å². The van der Waals surface area contributed by atoms with E-state index in [1.54, 1.807) is 23.3 Å². The van der Waals surface area contributed by atoms with E-state index >= 15 is 0 Å². The van der Waals surface area contributed by atoms with Crippen molar-refractivity contribution in [1.29, 1.82) is 0 Å². The Morgan fingerprint density at radius 3 is 2.75 bits per heavy atom. The fraction of sp³-hybridized carbons (Fsp3) is 0. The molecule has 0 amide bonds. The normalized spacial score (nSPS) is 10.8. The lowest BCUT2D eigenvalue weighted by Gasteiger charge is -2.02. The number of aromatic nitrogens is 4. The Morgan fingerprint density at radius 1 is 1.06 bits per heavy atom. The second-order valence-corrected chi connectivity index (χ2v) is 3.64. The van der Waals surface area contributed by atoms with Gasteiger partial charge in [-0.2, -0.15) is 5.10 Å². The molecule has 1 aromatic carbocycles. The maximum Gasteiger partial charge on any atom is 0.191 e. The zero-order valence-corrected chi connectivity index (χ0v) is 8.96. The highest BCUT2D eigenvalue weighted by Crippen LogP contribution is 2.20. The molecular formula is C11H7ClN4. The molecule has 0 unspecified atom stereocenters. The van der Waals surface area contributed by atoms with Crippen molar-refractivity contribution in [2.45, 2.75) is 0 Å². The number of nitrogens with zero attached hydrogens (tertiary/aromatic N) is 4. The third kappa shape index (κ3) is 1.35. The van der Waals surface area contributed by atoms with Gasteiger partial charge >= 0.3 is 0 Å². The monoisotopic (exact) mass is 230 g/mol. The third-order valence-electron chi connectivity index (χ3n) is 2.31. The summed E-state index contributed by atoms with van der Waals surface area (Å²) in [6.07, 6.45) is 4.93. The highest BCUT2D eigenvalue weighted by atomic mass is 35.5. The van der Waals surface area contributed by atoms with Crippen LogP contribution in [0.5, 0.6) is 0 Å². The predicted molar refractivity (Wildman–Crippen MR) is 61.7 cm³/mol. The van der Waals surface area contributed by atoms with E-state index in [9.17, 15) is 0 Å². The van der Waals surface area contributed by atoms with Gasteiger partial charge in [0.25, 0.3) is 0 Å². The molecule has 5 heteroatoms. The van der Waals surface area contributed by atoms with Gasteiger partial charge in [0.1, 0.15) is 0 Å². The summed E-state index contributed by atoms with van der Waals surface area (Å²) in [5.74, 6) is 0.547. The summed E-state index contributed by atoms with van der Waals surface area (Å²) < 4.78 is 1.69. The Morgan fingerprint density at radius 2 is 1.88 bits per heavy atom. The lowest BCUT2D eigenvalue weighted by atomic mass is 10.3. The van der Waals surface area contributed by atoms with E-state index in [-0.39, 0.29) is 0 Å². The smallest absolute Gasteiger partial charge is 0.191 e. The van der Waals surface area contributed by atoms with Crippen molar-refractivity contribution in [1.82, 2.24) is 19.7 Å². The van der Waals surface area contributed by atoms with Gasteiger partial charge in [0.2, 0.25) is 0 Å². The summed E-state index contributed by atoms with van der Waals surface area (Å²) in [5.41, 5.74) is 0.963. The number of hydrogen-bond acceptors (Lipinski definition) is 3. The van der Waals surface area contributed by atoms with Gasteiger partial charge in [-0.05, 0) is 6.07 Å². The van der Waals surface area contributed by atoms with Crippen molar-refractivity contribution in [3.05, 3.63) is 48.0 Å². The van der Waals surface area contributed by atoms with Crippen molar-refractivity contribution in [2.75, 3.05) is 0 Å². The van der Waals surface area contributed by atoms with E-state index in [2.05, 4.69) is 15.1 Å². The number of halogens is 1. The first-order chi connectivity index (χ1) is 7.86. The van der Waals surface area contributed by atoms with Crippen LogP contribution in [0, 0.1) is 0 Å². The second kappa shape index (κ2) is 3.57. The van der Waals surface area contributed by atoms with E-state index in [1.807, 2.05) is 24.3 Å². The van der Waals surface area contributed by atoms with Crippen molar-refractivity contribution in [2.24, 2.45) is 0 Å². The zero-order valence-electron chi connectivity index (χ0n) is 8.21. The molecule has 4 nitrogen and oxygen atoms in total. The van der Waals surface area contributed by atoms with Gasteiger partial charge < -0.3 is 0 Å². The van der Waals surface area contributed by atoms with Crippen LogP contribution in [0.15, 0.2) is 42.9 Å². The summed E-state index contributed by atoms with van der Waals surface area (Å²) in [6.45, 7) is 0. The molecule has 0 spiro atoms. The first-order valence-corrected chi connectivity index (χ1v) is 5.14. The van der Waals surface area contributed by atoms with Crippen LogP contribution in [0.2, 0.25) is 5.15 Å². The molecule has 0 radical (unpaired) electrons. The molecule has 0 aliphatic carbocycles. The van der Waals surface area contributed by atoms with Gasteiger partial charge in [0, 0.05) is 17.8 Å². The lowest BCUT2D eigenvalue weighted by Crippen LogP contribution is -2.00. The SMILES string of the molecule is Clc1nccnc1-n1ncc2ccccc21. The van der Waals surface area contributed by atoms with Crippen LogP contribution in [0.3, 0.4) is 0 Å². The van der Waals surface area contributed by atoms with Crippen molar-refractivity contribution < 1.29 is 0 Å². The Kier molecular flexibility index (Phi) is 2.08. The summed E-state index contributed by atoms with van der Waals surface area (Å²) in [4.78, 5) is 8.16. The average Bonchev–Trinajstić information content (AvgIpc) is 2.74. The molecule has 78 valence electrons. The predicted octanol–water partition coefficient (Wildman–Crippen LogP) is 2.47. The van der Waals surface area contributed by atoms with Crippen LogP contribution in [0.4, 0.5) is 0 Å². The molecule has 0 aliphatic rings. The molecule has 0 N–H and O–H groups in total. The minimum atomic E-state index is 0.344. The van der Waals surface area contributed by atoms with Gasteiger partial charge in [0.05, 0.1) is 11.7 Å². The molecule has 0 aliphatic heterocycles.